The highest BCUT2D eigenvalue weighted by molar-refractivity contribution is 5.75. The zero-order valence-corrected chi connectivity index (χ0v) is 12.6. The van der Waals surface area contributed by atoms with Gasteiger partial charge in [-0.25, -0.2) is 4.79 Å². The first-order valence-corrected chi connectivity index (χ1v) is 7.02. The SMILES string of the molecule is C=CCC1(C(=O)O)CCCN(C(=O)OC(C)(C)C)CC1. The van der Waals surface area contributed by atoms with Gasteiger partial charge in [0.1, 0.15) is 5.60 Å². The van der Waals surface area contributed by atoms with Crippen molar-refractivity contribution in [2.24, 2.45) is 5.41 Å². The van der Waals surface area contributed by atoms with Crippen molar-refractivity contribution in [1.29, 1.82) is 0 Å². The quantitative estimate of drug-likeness (QED) is 0.808. The summed E-state index contributed by atoms with van der Waals surface area (Å²) < 4.78 is 5.34. The molecule has 0 aromatic rings. The predicted molar refractivity (Wildman–Crippen MR) is 76.5 cm³/mol. The molecule has 1 atom stereocenters. The van der Waals surface area contributed by atoms with E-state index in [9.17, 15) is 14.7 Å². The highest BCUT2D eigenvalue weighted by Crippen LogP contribution is 2.36. The predicted octanol–water partition coefficient (Wildman–Crippen LogP) is 3.05. The van der Waals surface area contributed by atoms with Gasteiger partial charge in [0.25, 0.3) is 0 Å². The normalized spacial score (nSPS) is 23.9. The van der Waals surface area contributed by atoms with Crippen LogP contribution in [0.4, 0.5) is 4.79 Å². The van der Waals surface area contributed by atoms with Crippen molar-refractivity contribution in [3.05, 3.63) is 12.7 Å². The van der Waals surface area contributed by atoms with Gasteiger partial charge in [0.2, 0.25) is 0 Å². The number of carbonyl (C=O) groups excluding carboxylic acids is 1. The molecule has 114 valence electrons. The lowest BCUT2D eigenvalue weighted by Gasteiger charge is -2.28. The van der Waals surface area contributed by atoms with E-state index < -0.39 is 17.0 Å². The van der Waals surface area contributed by atoms with Crippen LogP contribution in [0.25, 0.3) is 0 Å². The van der Waals surface area contributed by atoms with Crippen molar-refractivity contribution in [2.45, 2.75) is 52.1 Å². The van der Waals surface area contributed by atoms with E-state index in [-0.39, 0.29) is 6.09 Å². The van der Waals surface area contributed by atoms with Crippen LogP contribution in [0.15, 0.2) is 12.7 Å². The van der Waals surface area contributed by atoms with E-state index >= 15 is 0 Å². The number of nitrogens with zero attached hydrogens (tertiary/aromatic N) is 1. The molecule has 0 spiro atoms. The zero-order valence-electron chi connectivity index (χ0n) is 12.6. The Morgan fingerprint density at radius 1 is 1.35 bits per heavy atom. The highest BCUT2D eigenvalue weighted by Gasteiger charge is 2.39. The van der Waals surface area contributed by atoms with E-state index in [1.165, 1.54) is 0 Å². The number of rotatable bonds is 3. The number of hydrogen-bond acceptors (Lipinski definition) is 3. The van der Waals surface area contributed by atoms with Crippen LogP contribution in [0.1, 0.15) is 46.5 Å². The van der Waals surface area contributed by atoms with Crippen LogP contribution in [0.5, 0.6) is 0 Å². The van der Waals surface area contributed by atoms with Gasteiger partial charge in [0, 0.05) is 13.1 Å². The summed E-state index contributed by atoms with van der Waals surface area (Å²) in [5.41, 5.74) is -1.33. The van der Waals surface area contributed by atoms with Gasteiger partial charge in [0.05, 0.1) is 5.41 Å². The fraction of sp³-hybridized carbons (Fsp3) is 0.733. The number of amides is 1. The van der Waals surface area contributed by atoms with E-state index in [2.05, 4.69) is 6.58 Å². The molecule has 5 nitrogen and oxygen atoms in total. The molecule has 20 heavy (non-hydrogen) atoms. The first-order chi connectivity index (χ1) is 9.20. The minimum absolute atomic E-state index is 0.364. The summed E-state index contributed by atoms with van der Waals surface area (Å²) in [5.74, 6) is -0.802. The minimum Gasteiger partial charge on any atom is -0.481 e. The second-order valence-electron chi connectivity index (χ2n) is 6.40. The molecule has 1 amide bonds. The van der Waals surface area contributed by atoms with Gasteiger partial charge >= 0.3 is 12.1 Å². The third kappa shape index (κ3) is 4.25. The standard InChI is InChI=1S/C15H25NO4/c1-5-7-15(12(17)18)8-6-10-16(11-9-15)13(19)20-14(2,3)4/h5H,1,6-11H2,2-4H3,(H,17,18). The number of allylic oxidation sites excluding steroid dienone is 1. The molecule has 1 fully saturated rings. The minimum atomic E-state index is -0.802. The van der Waals surface area contributed by atoms with E-state index in [0.717, 1.165) is 0 Å². The molecule has 1 heterocycles. The Kier molecular flexibility index (Phi) is 5.20. The largest absolute Gasteiger partial charge is 0.481 e. The van der Waals surface area contributed by atoms with Crippen LogP contribution < -0.4 is 0 Å². The highest BCUT2D eigenvalue weighted by atomic mass is 16.6. The van der Waals surface area contributed by atoms with Crippen LogP contribution >= 0.6 is 0 Å². The summed E-state index contributed by atoms with van der Waals surface area (Å²) in [7, 11) is 0. The lowest BCUT2D eigenvalue weighted by Crippen LogP contribution is -2.38. The Morgan fingerprint density at radius 3 is 2.50 bits per heavy atom. The van der Waals surface area contributed by atoms with E-state index in [1.807, 2.05) is 20.8 Å². The number of hydrogen-bond donors (Lipinski definition) is 1. The second kappa shape index (κ2) is 6.29. The summed E-state index contributed by atoms with van der Waals surface area (Å²) in [5, 5.41) is 9.47. The molecule has 1 unspecified atom stereocenters. The molecule has 5 heteroatoms. The fourth-order valence-corrected chi connectivity index (χ4v) is 2.48. The van der Waals surface area contributed by atoms with Gasteiger partial charge in [-0.1, -0.05) is 6.08 Å². The molecule has 1 aliphatic rings. The zero-order chi connectivity index (χ0) is 15.4. The van der Waals surface area contributed by atoms with Gasteiger partial charge in [0.15, 0.2) is 0 Å². The summed E-state index contributed by atoms with van der Waals surface area (Å²) in [6.07, 6.45) is 3.39. The number of aliphatic carboxylic acids is 1. The lowest BCUT2D eigenvalue weighted by atomic mass is 9.78. The lowest BCUT2D eigenvalue weighted by molar-refractivity contribution is -0.149. The van der Waals surface area contributed by atoms with Crippen LogP contribution in [-0.4, -0.2) is 40.8 Å². The topological polar surface area (TPSA) is 66.8 Å². The third-order valence-electron chi connectivity index (χ3n) is 3.58. The van der Waals surface area contributed by atoms with Crippen molar-refractivity contribution < 1.29 is 19.4 Å². The van der Waals surface area contributed by atoms with Crippen molar-refractivity contribution in [1.82, 2.24) is 4.90 Å². The fourth-order valence-electron chi connectivity index (χ4n) is 2.48. The van der Waals surface area contributed by atoms with Crippen molar-refractivity contribution >= 4 is 12.1 Å². The Balaban J connectivity index is 2.73. The van der Waals surface area contributed by atoms with Crippen LogP contribution in [0, 0.1) is 5.41 Å². The Hall–Kier alpha value is -1.52. The first kappa shape index (κ1) is 16.5. The Labute approximate surface area is 120 Å². The molecule has 1 saturated heterocycles. The van der Waals surface area contributed by atoms with E-state index in [1.54, 1.807) is 11.0 Å². The molecule has 0 bridgehead atoms. The molecular formula is C15H25NO4. The van der Waals surface area contributed by atoms with Gasteiger partial charge in [-0.15, -0.1) is 6.58 Å². The maximum Gasteiger partial charge on any atom is 0.410 e. The number of ether oxygens (including phenoxy) is 1. The average molecular weight is 283 g/mol. The molecule has 0 radical (unpaired) electrons. The van der Waals surface area contributed by atoms with Crippen molar-refractivity contribution in [2.75, 3.05) is 13.1 Å². The number of carboxylic acids is 1. The molecule has 0 aliphatic carbocycles. The van der Waals surface area contributed by atoms with Crippen molar-refractivity contribution in [3.8, 4) is 0 Å². The molecule has 0 saturated carbocycles. The summed E-state index contributed by atoms with van der Waals surface area (Å²) in [6, 6.07) is 0. The second-order valence-corrected chi connectivity index (χ2v) is 6.40. The summed E-state index contributed by atoms with van der Waals surface area (Å²) in [6.45, 7) is 10.1. The molecule has 0 aromatic carbocycles. The summed E-state index contributed by atoms with van der Waals surface area (Å²) >= 11 is 0. The number of carboxylic acid groups (broad SMARTS) is 1. The smallest absolute Gasteiger partial charge is 0.410 e. The third-order valence-corrected chi connectivity index (χ3v) is 3.58. The Morgan fingerprint density at radius 2 is 2.00 bits per heavy atom. The van der Waals surface area contributed by atoms with Crippen molar-refractivity contribution in [3.63, 3.8) is 0 Å². The van der Waals surface area contributed by atoms with E-state index in [4.69, 9.17) is 4.74 Å². The molecule has 1 aliphatic heterocycles. The average Bonchev–Trinajstić information content (AvgIpc) is 2.51. The molecular weight excluding hydrogens is 258 g/mol. The summed E-state index contributed by atoms with van der Waals surface area (Å²) in [4.78, 5) is 25.2. The Bertz CT molecular complexity index is 386. The molecule has 1 N–H and O–H groups in total. The monoisotopic (exact) mass is 283 g/mol. The van der Waals surface area contributed by atoms with Crippen LogP contribution in [0.2, 0.25) is 0 Å². The van der Waals surface area contributed by atoms with Crippen LogP contribution in [-0.2, 0) is 9.53 Å². The van der Waals surface area contributed by atoms with Gasteiger partial charge in [-0.2, -0.15) is 0 Å². The van der Waals surface area contributed by atoms with Gasteiger partial charge in [-0.05, 0) is 46.5 Å². The van der Waals surface area contributed by atoms with Crippen LogP contribution in [0.3, 0.4) is 0 Å². The first-order valence-electron chi connectivity index (χ1n) is 7.02. The number of likely N-dealkylation sites (tertiary alicyclic amines) is 1. The molecule has 0 aromatic heterocycles. The van der Waals surface area contributed by atoms with Gasteiger partial charge < -0.3 is 14.7 Å². The maximum absolute atomic E-state index is 12.0. The number of carbonyl (C=O) groups is 2. The maximum atomic E-state index is 12.0. The van der Waals surface area contributed by atoms with E-state index in [0.29, 0.717) is 38.8 Å². The molecule has 1 rings (SSSR count). The van der Waals surface area contributed by atoms with Gasteiger partial charge in [-0.3, -0.25) is 4.79 Å².